The van der Waals surface area contributed by atoms with Gasteiger partial charge in [0.25, 0.3) is 0 Å². The predicted octanol–water partition coefficient (Wildman–Crippen LogP) is 2.39. The smallest absolute Gasteiger partial charge is 0.193 e. The average Bonchev–Trinajstić information content (AvgIpc) is 3.35. The molecule has 1 aliphatic heterocycles. The minimum absolute atomic E-state index is 0.299. The van der Waals surface area contributed by atoms with Gasteiger partial charge < -0.3 is 25.3 Å². The highest BCUT2D eigenvalue weighted by Crippen LogP contribution is 2.48. The van der Waals surface area contributed by atoms with Crippen LogP contribution in [0.25, 0.3) is 0 Å². The molecule has 126 valence electrons. The lowest BCUT2D eigenvalue weighted by Gasteiger charge is -2.13. The van der Waals surface area contributed by atoms with Gasteiger partial charge >= 0.3 is 0 Å². The van der Waals surface area contributed by atoms with E-state index in [1.54, 1.807) is 7.11 Å². The van der Waals surface area contributed by atoms with Crippen LogP contribution < -0.4 is 20.5 Å². The second-order valence-corrected chi connectivity index (χ2v) is 6.28. The normalized spacial score (nSPS) is 19.1. The summed E-state index contributed by atoms with van der Waals surface area (Å²) >= 11 is 0. The van der Waals surface area contributed by atoms with Crippen molar-refractivity contribution < 1.29 is 14.2 Å². The van der Waals surface area contributed by atoms with E-state index in [0.29, 0.717) is 24.6 Å². The lowest BCUT2D eigenvalue weighted by molar-refractivity contribution is 0.174. The standard InChI is InChI=1S/C17H25N3O3/c1-21-10-7-17(5-6-17)12-19-16(18)20-13-3-4-14-15(11-13)23-9-2-8-22-14/h3-4,11H,2,5-10,12H2,1H3,(H3,18,19,20). The second-order valence-electron chi connectivity index (χ2n) is 6.28. The summed E-state index contributed by atoms with van der Waals surface area (Å²) in [5, 5.41) is 3.13. The van der Waals surface area contributed by atoms with Crippen molar-refractivity contribution in [3.8, 4) is 11.5 Å². The van der Waals surface area contributed by atoms with Gasteiger partial charge in [0.1, 0.15) is 0 Å². The van der Waals surface area contributed by atoms with Gasteiger partial charge in [-0.05, 0) is 36.8 Å². The van der Waals surface area contributed by atoms with E-state index in [0.717, 1.165) is 43.2 Å². The van der Waals surface area contributed by atoms with Crippen molar-refractivity contribution in [3.05, 3.63) is 18.2 Å². The molecule has 0 radical (unpaired) electrons. The molecule has 6 nitrogen and oxygen atoms in total. The molecule has 0 unspecified atom stereocenters. The van der Waals surface area contributed by atoms with Gasteiger partial charge in [0.2, 0.25) is 0 Å². The summed E-state index contributed by atoms with van der Waals surface area (Å²) in [5.41, 5.74) is 7.17. The number of methoxy groups -OCH3 is 1. The van der Waals surface area contributed by atoms with Gasteiger partial charge in [-0.15, -0.1) is 0 Å². The highest BCUT2D eigenvalue weighted by molar-refractivity contribution is 5.92. The molecule has 0 amide bonds. The first-order chi connectivity index (χ1) is 11.2. The number of benzene rings is 1. The number of rotatable bonds is 6. The van der Waals surface area contributed by atoms with Crippen LogP contribution in [0.5, 0.6) is 11.5 Å². The molecule has 1 saturated carbocycles. The van der Waals surface area contributed by atoms with E-state index in [1.807, 2.05) is 18.2 Å². The van der Waals surface area contributed by atoms with Crippen LogP contribution in [-0.4, -0.2) is 39.4 Å². The summed E-state index contributed by atoms with van der Waals surface area (Å²) in [4.78, 5) is 4.49. The van der Waals surface area contributed by atoms with Crippen molar-refractivity contribution in [2.75, 3.05) is 38.8 Å². The third kappa shape index (κ3) is 4.28. The van der Waals surface area contributed by atoms with E-state index < -0.39 is 0 Å². The van der Waals surface area contributed by atoms with E-state index in [1.165, 1.54) is 12.8 Å². The number of aliphatic imine (C=N–C) groups is 1. The van der Waals surface area contributed by atoms with Gasteiger partial charge in [-0.1, -0.05) is 0 Å². The number of nitrogens with one attached hydrogen (secondary N) is 1. The van der Waals surface area contributed by atoms with E-state index >= 15 is 0 Å². The minimum Gasteiger partial charge on any atom is -0.490 e. The number of hydrogen-bond acceptors (Lipinski definition) is 4. The molecule has 1 aromatic rings. The molecule has 3 rings (SSSR count). The summed E-state index contributed by atoms with van der Waals surface area (Å²) in [5.74, 6) is 1.96. The van der Waals surface area contributed by atoms with Crippen molar-refractivity contribution in [3.63, 3.8) is 0 Å². The van der Waals surface area contributed by atoms with E-state index in [9.17, 15) is 0 Å². The van der Waals surface area contributed by atoms with Crippen LogP contribution >= 0.6 is 0 Å². The van der Waals surface area contributed by atoms with Crippen LogP contribution in [0.15, 0.2) is 23.2 Å². The Morgan fingerprint density at radius 1 is 1.30 bits per heavy atom. The zero-order chi connectivity index (χ0) is 16.1. The molecular weight excluding hydrogens is 294 g/mol. The minimum atomic E-state index is 0.299. The molecule has 0 bridgehead atoms. The average molecular weight is 319 g/mol. The number of guanidine groups is 1. The first kappa shape index (κ1) is 15.9. The Kier molecular flexibility index (Phi) is 4.91. The van der Waals surface area contributed by atoms with E-state index in [-0.39, 0.29) is 0 Å². The molecule has 1 heterocycles. The molecule has 0 aromatic heterocycles. The topological polar surface area (TPSA) is 78.1 Å². The van der Waals surface area contributed by atoms with E-state index in [4.69, 9.17) is 19.9 Å². The van der Waals surface area contributed by atoms with Crippen molar-refractivity contribution in [2.24, 2.45) is 16.1 Å². The molecule has 0 spiro atoms. The SMILES string of the molecule is COCCC1(CN=C(N)Nc2ccc3c(c2)OCCCO3)CC1. The highest BCUT2D eigenvalue weighted by Gasteiger charge is 2.41. The lowest BCUT2D eigenvalue weighted by atomic mass is 10.0. The van der Waals surface area contributed by atoms with Gasteiger partial charge in [-0.2, -0.15) is 0 Å². The number of hydrogen-bond donors (Lipinski definition) is 2. The first-order valence-electron chi connectivity index (χ1n) is 8.16. The van der Waals surface area contributed by atoms with Gasteiger partial charge in [0.15, 0.2) is 17.5 Å². The van der Waals surface area contributed by atoms with Crippen LogP contribution in [0.1, 0.15) is 25.7 Å². The molecule has 1 aromatic carbocycles. The molecule has 0 atom stereocenters. The number of nitrogens with zero attached hydrogens (tertiary/aromatic N) is 1. The molecule has 23 heavy (non-hydrogen) atoms. The molecule has 1 fully saturated rings. The van der Waals surface area contributed by atoms with Crippen LogP contribution in [-0.2, 0) is 4.74 Å². The van der Waals surface area contributed by atoms with Gasteiger partial charge in [-0.25, -0.2) is 0 Å². The molecular formula is C17H25N3O3. The van der Waals surface area contributed by atoms with Crippen molar-refractivity contribution in [1.29, 1.82) is 0 Å². The maximum Gasteiger partial charge on any atom is 0.193 e. The molecule has 0 saturated heterocycles. The van der Waals surface area contributed by atoms with Crippen LogP contribution in [0.3, 0.4) is 0 Å². The summed E-state index contributed by atoms with van der Waals surface area (Å²) < 4.78 is 16.5. The fraction of sp³-hybridized carbons (Fsp3) is 0.588. The van der Waals surface area contributed by atoms with E-state index in [2.05, 4.69) is 10.3 Å². The second kappa shape index (κ2) is 7.08. The summed E-state index contributed by atoms with van der Waals surface area (Å²) in [7, 11) is 1.74. The number of nitrogens with two attached hydrogens (primary N) is 1. The molecule has 1 aliphatic carbocycles. The fourth-order valence-electron chi connectivity index (χ4n) is 2.66. The third-order valence-corrected chi connectivity index (χ3v) is 4.40. The molecule has 6 heteroatoms. The lowest BCUT2D eigenvalue weighted by Crippen LogP contribution is -2.24. The Morgan fingerprint density at radius 2 is 2.09 bits per heavy atom. The van der Waals surface area contributed by atoms with Crippen LogP contribution in [0, 0.1) is 5.41 Å². The number of anilines is 1. The summed E-state index contributed by atoms with van der Waals surface area (Å²) in [6.45, 7) is 2.89. The predicted molar refractivity (Wildman–Crippen MR) is 90.3 cm³/mol. The summed E-state index contributed by atoms with van der Waals surface area (Å²) in [6, 6.07) is 5.73. The number of fused-ring (bicyclic) bond motifs is 1. The molecule has 2 aliphatic rings. The largest absolute Gasteiger partial charge is 0.490 e. The Labute approximate surface area is 137 Å². The highest BCUT2D eigenvalue weighted by atomic mass is 16.5. The van der Waals surface area contributed by atoms with Gasteiger partial charge in [0.05, 0.1) is 13.2 Å². The van der Waals surface area contributed by atoms with Crippen molar-refractivity contribution in [2.45, 2.75) is 25.7 Å². The zero-order valence-corrected chi connectivity index (χ0v) is 13.6. The maximum atomic E-state index is 6.01. The van der Waals surface area contributed by atoms with Crippen LogP contribution in [0.2, 0.25) is 0 Å². The summed E-state index contributed by atoms with van der Waals surface area (Å²) in [6.07, 6.45) is 4.35. The number of ether oxygens (including phenoxy) is 3. The molecule has 3 N–H and O–H groups in total. The maximum absolute atomic E-state index is 6.01. The Hall–Kier alpha value is -1.95. The quantitative estimate of drug-likeness (QED) is 0.622. The Balaban J connectivity index is 1.58. The Bertz CT molecular complexity index is 570. The first-order valence-corrected chi connectivity index (χ1v) is 8.16. The van der Waals surface area contributed by atoms with Crippen molar-refractivity contribution >= 4 is 11.6 Å². The van der Waals surface area contributed by atoms with Gasteiger partial charge in [0, 0.05) is 38.4 Å². The van der Waals surface area contributed by atoms with Crippen LogP contribution in [0.4, 0.5) is 5.69 Å². The van der Waals surface area contributed by atoms with Crippen molar-refractivity contribution in [1.82, 2.24) is 0 Å². The monoisotopic (exact) mass is 319 g/mol. The fourth-order valence-corrected chi connectivity index (χ4v) is 2.66. The Morgan fingerprint density at radius 3 is 2.83 bits per heavy atom. The zero-order valence-electron chi connectivity index (χ0n) is 13.6. The van der Waals surface area contributed by atoms with Gasteiger partial charge in [-0.3, -0.25) is 4.99 Å². The third-order valence-electron chi connectivity index (χ3n) is 4.40.